The van der Waals surface area contributed by atoms with Crippen LogP contribution >= 0.6 is 0 Å². The van der Waals surface area contributed by atoms with Gasteiger partial charge in [-0.1, -0.05) is 0 Å². The molecule has 0 bridgehead atoms. The first-order valence-electron chi connectivity index (χ1n) is 5.34. The molecule has 0 unspecified atom stereocenters. The van der Waals surface area contributed by atoms with Gasteiger partial charge in [0.25, 0.3) is 0 Å². The zero-order valence-corrected chi connectivity index (χ0v) is 10.1. The number of ether oxygens (including phenoxy) is 1. The van der Waals surface area contributed by atoms with E-state index in [1.54, 1.807) is 0 Å². The van der Waals surface area contributed by atoms with E-state index in [2.05, 4.69) is 9.72 Å². The molecule has 112 valence electrons. The molecule has 0 spiro atoms. The van der Waals surface area contributed by atoms with Crippen molar-refractivity contribution in [1.82, 2.24) is 4.98 Å². The molecule has 0 saturated carbocycles. The normalized spacial score (nSPS) is 12.3. The number of halogens is 6. The van der Waals surface area contributed by atoms with Gasteiger partial charge in [-0.2, -0.15) is 26.3 Å². The summed E-state index contributed by atoms with van der Waals surface area (Å²) in [6, 6.07) is 0.208. The lowest BCUT2D eigenvalue weighted by atomic mass is 10.1. The number of pyridine rings is 1. The van der Waals surface area contributed by atoms with Crippen molar-refractivity contribution < 1.29 is 35.9 Å². The van der Waals surface area contributed by atoms with Gasteiger partial charge in [0.1, 0.15) is 0 Å². The molecule has 0 aliphatic carbocycles. The summed E-state index contributed by atoms with van der Waals surface area (Å²) in [5.41, 5.74) is -4.21. The highest BCUT2D eigenvalue weighted by Crippen LogP contribution is 2.40. The summed E-state index contributed by atoms with van der Waals surface area (Å²) >= 11 is 0. The Hall–Kier alpha value is -1.80. The highest BCUT2D eigenvalue weighted by molar-refractivity contribution is 5.72. The Balaban J connectivity index is 3.19. The summed E-state index contributed by atoms with van der Waals surface area (Å²) in [6.07, 6.45) is -10.9. The predicted molar refractivity (Wildman–Crippen MR) is 54.6 cm³/mol. The van der Waals surface area contributed by atoms with Gasteiger partial charge in [-0.3, -0.25) is 9.78 Å². The first-order chi connectivity index (χ1) is 9.05. The lowest BCUT2D eigenvalue weighted by Gasteiger charge is -2.15. The third-order valence-corrected chi connectivity index (χ3v) is 2.20. The summed E-state index contributed by atoms with van der Waals surface area (Å²) in [7, 11) is 0. The average molecular weight is 301 g/mol. The maximum absolute atomic E-state index is 12.6. The smallest absolute Gasteiger partial charge is 0.418 e. The average Bonchev–Trinajstić information content (AvgIpc) is 2.26. The molecule has 3 nitrogen and oxygen atoms in total. The van der Waals surface area contributed by atoms with E-state index >= 15 is 0 Å². The van der Waals surface area contributed by atoms with Crippen molar-refractivity contribution in [3.8, 4) is 0 Å². The third-order valence-electron chi connectivity index (χ3n) is 2.20. The molecule has 0 N–H and O–H groups in total. The van der Waals surface area contributed by atoms with Gasteiger partial charge < -0.3 is 4.74 Å². The monoisotopic (exact) mass is 301 g/mol. The number of alkyl halides is 6. The van der Waals surface area contributed by atoms with E-state index in [4.69, 9.17) is 0 Å². The lowest BCUT2D eigenvalue weighted by Crippen LogP contribution is -2.18. The van der Waals surface area contributed by atoms with Gasteiger partial charge in [-0.05, 0) is 13.0 Å². The first-order valence-corrected chi connectivity index (χ1v) is 5.34. The lowest BCUT2D eigenvalue weighted by molar-refractivity contribution is -0.162. The van der Waals surface area contributed by atoms with Crippen LogP contribution in [0.1, 0.15) is 23.7 Å². The molecule has 0 aliphatic heterocycles. The molecular formula is C11H9F6NO2. The molecule has 0 saturated heterocycles. The SMILES string of the molecule is CCOC(=O)Cc1cc(C(F)(F)F)c(C(F)(F)F)cn1. The summed E-state index contributed by atoms with van der Waals surface area (Å²) in [5, 5.41) is 0. The summed E-state index contributed by atoms with van der Waals surface area (Å²) < 4.78 is 79.7. The molecule has 1 aromatic rings. The van der Waals surface area contributed by atoms with Crippen LogP contribution in [0, 0.1) is 0 Å². The minimum atomic E-state index is -5.20. The molecule has 0 fully saturated rings. The Morgan fingerprint density at radius 3 is 2.15 bits per heavy atom. The minimum absolute atomic E-state index is 0.00555. The number of carbonyl (C=O) groups is 1. The van der Waals surface area contributed by atoms with E-state index in [1.807, 2.05) is 0 Å². The predicted octanol–water partition coefficient (Wildman–Crippen LogP) is 3.22. The highest BCUT2D eigenvalue weighted by atomic mass is 19.4. The molecular weight excluding hydrogens is 292 g/mol. The highest BCUT2D eigenvalue weighted by Gasteiger charge is 2.43. The number of carbonyl (C=O) groups excluding carboxylic acids is 1. The fourth-order valence-corrected chi connectivity index (χ4v) is 1.42. The van der Waals surface area contributed by atoms with Crippen molar-refractivity contribution in [3.63, 3.8) is 0 Å². The molecule has 20 heavy (non-hydrogen) atoms. The van der Waals surface area contributed by atoms with E-state index in [-0.39, 0.29) is 18.9 Å². The van der Waals surface area contributed by atoms with Crippen LogP contribution in [0.3, 0.4) is 0 Å². The number of esters is 1. The van der Waals surface area contributed by atoms with Crippen molar-refractivity contribution in [2.24, 2.45) is 0 Å². The Morgan fingerprint density at radius 2 is 1.70 bits per heavy atom. The Labute approximate surface area is 109 Å². The second kappa shape index (κ2) is 5.68. The van der Waals surface area contributed by atoms with Crippen LogP contribution in [0.2, 0.25) is 0 Å². The van der Waals surface area contributed by atoms with Crippen molar-refractivity contribution in [3.05, 3.63) is 29.1 Å². The van der Waals surface area contributed by atoms with Crippen molar-refractivity contribution in [2.75, 3.05) is 6.61 Å². The summed E-state index contributed by atoms with van der Waals surface area (Å²) in [6.45, 7) is 1.49. The third kappa shape index (κ3) is 4.10. The minimum Gasteiger partial charge on any atom is -0.466 e. The molecule has 0 atom stereocenters. The van der Waals surface area contributed by atoms with Crippen LogP contribution < -0.4 is 0 Å². The van der Waals surface area contributed by atoms with Crippen LogP contribution in [0.25, 0.3) is 0 Å². The van der Waals surface area contributed by atoms with Crippen molar-refractivity contribution in [2.45, 2.75) is 25.7 Å². The molecule has 1 rings (SSSR count). The fraction of sp³-hybridized carbons (Fsp3) is 0.455. The van der Waals surface area contributed by atoms with Crippen molar-refractivity contribution >= 4 is 5.97 Å². The Bertz CT molecular complexity index is 495. The standard InChI is InChI=1S/C11H9F6NO2/c1-2-20-9(19)4-6-3-7(10(12,13)14)8(5-18-6)11(15,16)17/h3,5H,2,4H2,1H3. The van der Waals surface area contributed by atoms with Crippen LogP contribution in [0.4, 0.5) is 26.3 Å². The zero-order valence-electron chi connectivity index (χ0n) is 10.1. The second-order valence-electron chi connectivity index (χ2n) is 3.70. The van der Waals surface area contributed by atoms with Gasteiger partial charge >= 0.3 is 18.3 Å². The van der Waals surface area contributed by atoms with Crippen LogP contribution in [0.5, 0.6) is 0 Å². The van der Waals surface area contributed by atoms with Gasteiger partial charge in [0.2, 0.25) is 0 Å². The topological polar surface area (TPSA) is 39.2 Å². The Kier molecular flexibility index (Phi) is 4.61. The molecule has 0 radical (unpaired) electrons. The molecule has 0 aromatic carbocycles. The van der Waals surface area contributed by atoms with Crippen LogP contribution in [-0.4, -0.2) is 17.6 Å². The zero-order chi connectivity index (χ0) is 15.6. The van der Waals surface area contributed by atoms with Gasteiger partial charge in [-0.25, -0.2) is 0 Å². The Morgan fingerprint density at radius 1 is 1.15 bits per heavy atom. The van der Waals surface area contributed by atoms with Gasteiger partial charge in [-0.15, -0.1) is 0 Å². The number of nitrogens with zero attached hydrogens (tertiary/aromatic N) is 1. The second-order valence-corrected chi connectivity index (χ2v) is 3.70. The van der Waals surface area contributed by atoms with E-state index in [0.29, 0.717) is 0 Å². The molecule has 1 heterocycles. The largest absolute Gasteiger partial charge is 0.466 e. The molecule has 0 aliphatic rings. The van der Waals surface area contributed by atoms with E-state index in [9.17, 15) is 31.1 Å². The molecule has 1 aromatic heterocycles. The maximum atomic E-state index is 12.6. The van der Waals surface area contributed by atoms with E-state index in [1.165, 1.54) is 6.92 Å². The van der Waals surface area contributed by atoms with Crippen LogP contribution in [-0.2, 0) is 28.3 Å². The van der Waals surface area contributed by atoms with Gasteiger partial charge in [0, 0.05) is 6.20 Å². The van der Waals surface area contributed by atoms with E-state index < -0.39 is 41.6 Å². The van der Waals surface area contributed by atoms with Crippen LogP contribution in [0.15, 0.2) is 12.3 Å². The van der Waals surface area contributed by atoms with Gasteiger partial charge in [0.15, 0.2) is 0 Å². The first kappa shape index (κ1) is 16.3. The summed E-state index contributed by atoms with van der Waals surface area (Å²) in [5.74, 6) is -0.868. The maximum Gasteiger partial charge on any atom is 0.418 e. The number of hydrogen-bond acceptors (Lipinski definition) is 3. The number of rotatable bonds is 3. The van der Waals surface area contributed by atoms with Crippen molar-refractivity contribution in [1.29, 1.82) is 0 Å². The number of hydrogen-bond donors (Lipinski definition) is 0. The van der Waals surface area contributed by atoms with E-state index in [0.717, 1.165) is 0 Å². The van der Waals surface area contributed by atoms with Gasteiger partial charge in [0.05, 0.1) is 29.8 Å². The summed E-state index contributed by atoms with van der Waals surface area (Å²) in [4.78, 5) is 14.3. The fourth-order valence-electron chi connectivity index (χ4n) is 1.42. The molecule has 0 amide bonds. The molecule has 9 heteroatoms. The number of aromatic nitrogens is 1. The quantitative estimate of drug-likeness (QED) is 0.635.